The maximum atomic E-state index is 11.9. The van der Waals surface area contributed by atoms with Crippen LogP contribution < -0.4 is 16.0 Å². The molecular weight excluding hydrogens is 320 g/mol. The number of hydrogen-bond acceptors (Lipinski definition) is 4. The van der Waals surface area contributed by atoms with Crippen LogP contribution in [0.2, 0.25) is 5.02 Å². The number of anilines is 1. The van der Waals surface area contributed by atoms with Crippen LogP contribution in [-0.4, -0.2) is 63.3 Å². The number of nitrogens with zero attached hydrogens (tertiary/aromatic N) is 1. The largest absolute Gasteiger partial charge is 0.379 e. The molecule has 8 heteroatoms. The number of hydrogen-bond donors (Lipinski definition) is 3. The first-order valence-corrected chi connectivity index (χ1v) is 7.84. The highest BCUT2D eigenvalue weighted by Crippen LogP contribution is 2.20. The van der Waals surface area contributed by atoms with E-state index in [2.05, 4.69) is 20.9 Å². The molecule has 2 rings (SSSR count). The van der Waals surface area contributed by atoms with Gasteiger partial charge in [0.1, 0.15) is 0 Å². The number of halogens is 1. The predicted octanol–water partition coefficient (Wildman–Crippen LogP) is 1.15. The van der Waals surface area contributed by atoms with Gasteiger partial charge < -0.3 is 20.7 Å². The molecule has 1 saturated heterocycles. The molecule has 0 bridgehead atoms. The maximum absolute atomic E-state index is 11.9. The number of carbonyl (C=O) groups is 2. The Labute approximate surface area is 140 Å². The van der Waals surface area contributed by atoms with Gasteiger partial charge >= 0.3 is 6.03 Å². The lowest BCUT2D eigenvalue weighted by atomic mass is 10.2. The zero-order valence-electron chi connectivity index (χ0n) is 13.0. The van der Waals surface area contributed by atoms with E-state index in [9.17, 15) is 9.59 Å². The molecule has 0 aromatic heterocycles. The van der Waals surface area contributed by atoms with E-state index in [0.29, 0.717) is 17.8 Å². The fraction of sp³-hybridized carbons (Fsp3) is 0.467. The zero-order valence-corrected chi connectivity index (χ0v) is 13.8. The van der Waals surface area contributed by atoms with Gasteiger partial charge in [0.15, 0.2) is 0 Å². The molecule has 0 saturated carbocycles. The van der Waals surface area contributed by atoms with Crippen LogP contribution >= 0.6 is 11.6 Å². The average molecular weight is 341 g/mol. The Morgan fingerprint density at radius 2 is 2.04 bits per heavy atom. The summed E-state index contributed by atoms with van der Waals surface area (Å²) in [7, 11) is 1.53. The van der Waals surface area contributed by atoms with E-state index in [1.54, 1.807) is 18.2 Å². The summed E-state index contributed by atoms with van der Waals surface area (Å²) in [6.07, 6.45) is 0. The lowest BCUT2D eigenvalue weighted by molar-refractivity contribution is 0.0388. The van der Waals surface area contributed by atoms with Crippen molar-refractivity contribution in [2.75, 3.05) is 51.8 Å². The molecule has 0 atom stereocenters. The van der Waals surface area contributed by atoms with Crippen molar-refractivity contribution in [3.05, 3.63) is 28.8 Å². The first-order valence-electron chi connectivity index (χ1n) is 7.46. The third-order valence-corrected chi connectivity index (χ3v) is 3.83. The lowest BCUT2D eigenvalue weighted by Crippen LogP contribution is -2.42. The Balaban J connectivity index is 1.78. The molecule has 0 aliphatic carbocycles. The highest BCUT2D eigenvalue weighted by molar-refractivity contribution is 6.34. The standard InChI is InChI=1S/C15H21ClN4O3/c1-17-14(21)12-3-2-11(10-13(12)16)19-15(22)18-4-5-20-6-8-23-9-7-20/h2-3,10H,4-9H2,1H3,(H,17,21)(H2,18,19,22). The van der Waals surface area contributed by atoms with Crippen LogP contribution in [0.3, 0.4) is 0 Å². The smallest absolute Gasteiger partial charge is 0.319 e. The van der Waals surface area contributed by atoms with Crippen molar-refractivity contribution in [1.82, 2.24) is 15.5 Å². The number of morpholine rings is 1. The van der Waals surface area contributed by atoms with Crippen LogP contribution in [0.5, 0.6) is 0 Å². The molecule has 1 heterocycles. The van der Waals surface area contributed by atoms with E-state index < -0.39 is 0 Å². The molecule has 1 aliphatic heterocycles. The van der Waals surface area contributed by atoms with E-state index in [1.165, 1.54) is 7.05 Å². The fourth-order valence-corrected chi connectivity index (χ4v) is 2.51. The van der Waals surface area contributed by atoms with E-state index in [-0.39, 0.29) is 17.0 Å². The van der Waals surface area contributed by atoms with Gasteiger partial charge in [0.2, 0.25) is 0 Å². The van der Waals surface area contributed by atoms with Gasteiger partial charge in [-0.25, -0.2) is 4.79 Å². The van der Waals surface area contributed by atoms with Crippen LogP contribution in [0.25, 0.3) is 0 Å². The maximum Gasteiger partial charge on any atom is 0.319 e. The summed E-state index contributed by atoms with van der Waals surface area (Å²) < 4.78 is 5.27. The Kier molecular flexibility index (Phi) is 6.64. The van der Waals surface area contributed by atoms with Crippen molar-refractivity contribution < 1.29 is 14.3 Å². The first kappa shape index (κ1) is 17.5. The number of nitrogens with one attached hydrogen (secondary N) is 3. The van der Waals surface area contributed by atoms with Crippen molar-refractivity contribution in [3.63, 3.8) is 0 Å². The second-order valence-corrected chi connectivity index (χ2v) is 5.52. The zero-order chi connectivity index (χ0) is 16.7. The third-order valence-electron chi connectivity index (χ3n) is 3.52. The number of urea groups is 1. The van der Waals surface area contributed by atoms with Crippen molar-refractivity contribution >= 4 is 29.2 Å². The first-order chi connectivity index (χ1) is 11.1. The molecule has 1 aliphatic rings. The monoisotopic (exact) mass is 340 g/mol. The SMILES string of the molecule is CNC(=O)c1ccc(NC(=O)NCCN2CCOCC2)cc1Cl. The molecule has 126 valence electrons. The van der Waals surface area contributed by atoms with Gasteiger partial charge in [-0.05, 0) is 18.2 Å². The minimum atomic E-state index is -0.304. The van der Waals surface area contributed by atoms with Gasteiger partial charge in [-0.3, -0.25) is 9.69 Å². The number of carbonyl (C=O) groups excluding carboxylic acids is 2. The van der Waals surface area contributed by atoms with E-state index in [0.717, 1.165) is 32.8 Å². The van der Waals surface area contributed by atoms with Crippen LogP contribution in [0, 0.1) is 0 Å². The van der Waals surface area contributed by atoms with E-state index >= 15 is 0 Å². The van der Waals surface area contributed by atoms with Crippen molar-refractivity contribution in [2.45, 2.75) is 0 Å². The van der Waals surface area contributed by atoms with Crippen LogP contribution in [0.4, 0.5) is 10.5 Å². The summed E-state index contributed by atoms with van der Waals surface area (Å²) in [6.45, 7) is 4.59. The van der Waals surface area contributed by atoms with Gasteiger partial charge in [-0.2, -0.15) is 0 Å². The van der Waals surface area contributed by atoms with Gasteiger partial charge in [0.05, 0.1) is 23.8 Å². The van der Waals surface area contributed by atoms with Crippen molar-refractivity contribution in [3.8, 4) is 0 Å². The summed E-state index contributed by atoms with van der Waals surface area (Å²) in [5.74, 6) is -0.267. The quantitative estimate of drug-likeness (QED) is 0.751. The molecule has 1 aromatic rings. The molecular formula is C15H21ClN4O3. The molecule has 1 aromatic carbocycles. The molecule has 1 fully saturated rings. The minimum absolute atomic E-state index is 0.267. The minimum Gasteiger partial charge on any atom is -0.379 e. The van der Waals surface area contributed by atoms with Crippen LogP contribution in [0.1, 0.15) is 10.4 Å². The average Bonchev–Trinajstić information content (AvgIpc) is 2.55. The summed E-state index contributed by atoms with van der Waals surface area (Å²) in [5.41, 5.74) is 0.902. The number of amides is 3. The van der Waals surface area contributed by atoms with E-state index in [1.807, 2.05) is 0 Å². The Hall–Kier alpha value is -1.83. The van der Waals surface area contributed by atoms with Crippen molar-refractivity contribution in [1.29, 1.82) is 0 Å². The molecule has 7 nitrogen and oxygen atoms in total. The molecule has 3 amide bonds. The summed E-state index contributed by atoms with van der Waals surface area (Å²) in [6, 6.07) is 4.46. The third kappa shape index (κ3) is 5.38. The number of ether oxygens (including phenoxy) is 1. The highest BCUT2D eigenvalue weighted by Gasteiger charge is 2.12. The van der Waals surface area contributed by atoms with Crippen molar-refractivity contribution in [2.24, 2.45) is 0 Å². The normalized spacial score (nSPS) is 15.0. The Bertz CT molecular complexity index is 562. The predicted molar refractivity (Wildman–Crippen MR) is 89.1 cm³/mol. The number of benzene rings is 1. The lowest BCUT2D eigenvalue weighted by Gasteiger charge is -2.26. The van der Waals surface area contributed by atoms with Crippen LogP contribution in [-0.2, 0) is 4.74 Å². The fourth-order valence-electron chi connectivity index (χ4n) is 2.24. The Morgan fingerprint density at radius 3 is 2.70 bits per heavy atom. The molecule has 0 spiro atoms. The number of rotatable bonds is 5. The molecule has 0 radical (unpaired) electrons. The topological polar surface area (TPSA) is 82.7 Å². The van der Waals surface area contributed by atoms with Gasteiger partial charge in [0, 0.05) is 38.9 Å². The van der Waals surface area contributed by atoms with Gasteiger partial charge in [-0.1, -0.05) is 11.6 Å². The molecule has 3 N–H and O–H groups in total. The second-order valence-electron chi connectivity index (χ2n) is 5.11. The van der Waals surface area contributed by atoms with Gasteiger partial charge in [0.25, 0.3) is 5.91 Å². The van der Waals surface area contributed by atoms with E-state index in [4.69, 9.17) is 16.3 Å². The summed E-state index contributed by atoms with van der Waals surface area (Å²) >= 11 is 6.04. The van der Waals surface area contributed by atoms with Crippen LogP contribution in [0.15, 0.2) is 18.2 Å². The highest BCUT2D eigenvalue weighted by atomic mass is 35.5. The molecule has 0 unspecified atom stereocenters. The Morgan fingerprint density at radius 1 is 1.30 bits per heavy atom. The van der Waals surface area contributed by atoms with Gasteiger partial charge in [-0.15, -0.1) is 0 Å². The molecule has 23 heavy (non-hydrogen) atoms. The summed E-state index contributed by atoms with van der Waals surface area (Å²) in [5, 5.41) is 8.28. The summed E-state index contributed by atoms with van der Waals surface area (Å²) in [4.78, 5) is 25.6. The second kappa shape index (κ2) is 8.71.